The maximum atomic E-state index is 11.7. The van der Waals surface area contributed by atoms with Crippen LogP contribution in [0, 0.1) is 0 Å². The number of amides is 4. The summed E-state index contributed by atoms with van der Waals surface area (Å²) < 4.78 is 0. The molecule has 1 rings (SSSR count). The molecule has 7 nitrogen and oxygen atoms in total. The second-order valence-corrected chi connectivity index (χ2v) is 4.87. The zero-order chi connectivity index (χ0) is 14.3. The van der Waals surface area contributed by atoms with Gasteiger partial charge in [-0.25, -0.2) is 4.79 Å². The van der Waals surface area contributed by atoms with Crippen molar-refractivity contribution in [3.8, 4) is 0 Å². The van der Waals surface area contributed by atoms with Crippen LogP contribution in [0.2, 0.25) is 0 Å². The molecule has 0 spiro atoms. The molecule has 1 aliphatic heterocycles. The third-order valence-electron chi connectivity index (χ3n) is 2.98. The SMILES string of the molecule is CC(C)N1CC(NC(=O)NCCCNC=O)CC1=O. The summed E-state index contributed by atoms with van der Waals surface area (Å²) in [5, 5.41) is 7.99. The van der Waals surface area contributed by atoms with E-state index in [9.17, 15) is 14.4 Å². The van der Waals surface area contributed by atoms with Crippen molar-refractivity contribution in [2.75, 3.05) is 19.6 Å². The number of hydrogen-bond acceptors (Lipinski definition) is 3. The van der Waals surface area contributed by atoms with Crippen molar-refractivity contribution in [1.82, 2.24) is 20.9 Å². The lowest BCUT2D eigenvalue weighted by Gasteiger charge is -2.21. The molecule has 1 fully saturated rings. The minimum absolute atomic E-state index is 0.0792. The van der Waals surface area contributed by atoms with Gasteiger partial charge in [-0.1, -0.05) is 0 Å². The number of hydrogen-bond donors (Lipinski definition) is 3. The Bertz CT molecular complexity index is 333. The largest absolute Gasteiger partial charge is 0.359 e. The standard InChI is InChI=1S/C12H22N4O3/c1-9(2)16-7-10(6-11(16)18)15-12(19)14-5-3-4-13-8-17/h8-10H,3-7H2,1-2H3,(H,13,17)(H2,14,15,19). The minimum Gasteiger partial charge on any atom is -0.359 e. The van der Waals surface area contributed by atoms with Crippen LogP contribution < -0.4 is 16.0 Å². The molecule has 0 aliphatic carbocycles. The zero-order valence-corrected chi connectivity index (χ0v) is 11.4. The molecule has 1 atom stereocenters. The molecule has 1 heterocycles. The third-order valence-corrected chi connectivity index (χ3v) is 2.98. The van der Waals surface area contributed by atoms with E-state index in [1.165, 1.54) is 0 Å². The number of likely N-dealkylation sites (tertiary alicyclic amines) is 1. The van der Waals surface area contributed by atoms with Gasteiger partial charge in [0.15, 0.2) is 0 Å². The molecule has 0 aromatic carbocycles. The summed E-state index contributed by atoms with van der Waals surface area (Å²) in [7, 11) is 0. The molecular weight excluding hydrogens is 248 g/mol. The monoisotopic (exact) mass is 270 g/mol. The highest BCUT2D eigenvalue weighted by Crippen LogP contribution is 2.13. The van der Waals surface area contributed by atoms with Crippen molar-refractivity contribution in [3.05, 3.63) is 0 Å². The van der Waals surface area contributed by atoms with Crippen LogP contribution in [-0.2, 0) is 9.59 Å². The number of nitrogens with zero attached hydrogens (tertiary/aromatic N) is 1. The fraction of sp³-hybridized carbons (Fsp3) is 0.750. The summed E-state index contributed by atoms with van der Waals surface area (Å²) in [6, 6.07) is -0.228. The zero-order valence-electron chi connectivity index (χ0n) is 11.4. The predicted molar refractivity (Wildman–Crippen MR) is 70.5 cm³/mol. The summed E-state index contributed by atoms with van der Waals surface area (Å²) >= 11 is 0. The Kier molecular flexibility index (Phi) is 6.11. The summed E-state index contributed by atoms with van der Waals surface area (Å²) in [6.07, 6.45) is 1.66. The highest BCUT2D eigenvalue weighted by molar-refractivity contribution is 5.81. The maximum absolute atomic E-state index is 11.7. The number of rotatable bonds is 7. The van der Waals surface area contributed by atoms with Gasteiger partial charge < -0.3 is 20.9 Å². The second-order valence-electron chi connectivity index (χ2n) is 4.87. The average Bonchev–Trinajstić information content (AvgIpc) is 2.70. The van der Waals surface area contributed by atoms with E-state index in [1.54, 1.807) is 4.90 Å². The molecule has 3 N–H and O–H groups in total. The van der Waals surface area contributed by atoms with Gasteiger partial charge in [0.05, 0.1) is 6.04 Å². The van der Waals surface area contributed by atoms with Gasteiger partial charge in [-0.05, 0) is 20.3 Å². The van der Waals surface area contributed by atoms with Gasteiger partial charge in [0.1, 0.15) is 0 Å². The molecule has 1 saturated heterocycles. The van der Waals surface area contributed by atoms with E-state index < -0.39 is 0 Å². The van der Waals surface area contributed by atoms with Gasteiger partial charge in [0, 0.05) is 32.1 Å². The molecular formula is C12H22N4O3. The number of nitrogens with one attached hydrogen (secondary N) is 3. The molecule has 19 heavy (non-hydrogen) atoms. The molecule has 0 saturated carbocycles. The predicted octanol–water partition coefficient (Wildman–Crippen LogP) is -0.569. The summed E-state index contributed by atoms with van der Waals surface area (Å²) in [5.74, 6) is 0.0792. The lowest BCUT2D eigenvalue weighted by atomic mass is 10.2. The summed E-state index contributed by atoms with van der Waals surface area (Å²) in [6.45, 7) is 5.51. The number of urea groups is 1. The first-order valence-corrected chi connectivity index (χ1v) is 6.55. The van der Waals surface area contributed by atoms with Crippen LogP contribution >= 0.6 is 0 Å². The van der Waals surface area contributed by atoms with Crippen LogP contribution in [0.15, 0.2) is 0 Å². The quantitative estimate of drug-likeness (QED) is 0.427. The van der Waals surface area contributed by atoms with Crippen molar-refractivity contribution in [2.45, 2.75) is 38.8 Å². The molecule has 7 heteroatoms. The summed E-state index contributed by atoms with van der Waals surface area (Å²) in [4.78, 5) is 35.0. The van der Waals surface area contributed by atoms with Gasteiger partial charge >= 0.3 is 6.03 Å². The molecule has 0 aromatic rings. The smallest absolute Gasteiger partial charge is 0.315 e. The van der Waals surface area contributed by atoms with Crippen molar-refractivity contribution in [2.24, 2.45) is 0 Å². The van der Waals surface area contributed by atoms with Crippen molar-refractivity contribution < 1.29 is 14.4 Å². The first-order chi connectivity index (χ1) is 9.04. The topological polar surface area (TPSA) is 90.5 Å². The molecule has 1 aliphatic rings. The van der Waals surface area contributed by atoms with E-state index in [2.05, 4.69) is 16.0 Å². The van der Waals surface area contributed by atoms with Gasteiger partial charge in [0.2, 0.25) is 12.3 Å². The fourth-order valence-electron chi connectivity index (χ4n) is 2.02. The number of carbonyl (C=O) groups excluding carboxylic acids is 3. The Balaban J connectivity index is 2.19. The van der Waals surface area contributed by atoms with Crippen LogP contribution in [0.3, 0.4) is 0 Å². The molecule has 108 valence electrons. The van der Waals surface area contributed by atoms with E-state index in [0.29, 0.717) is 38.9 Å². The van der Waals surface area contributed by atoms with E-state index in [-0.39, 0.29) is 24.0 Å². The Morgan fingerprint density at radius 1 is 1.47 bits per heavy atom. The highest BCUT2D eigenvalue weighted by atomic mass is 16.2. The summed E-state index contributed by atoms with van der Waals surface area (Å²) in [5.41, 5.74) is 0. The van der Waals surface area contributed by atoms with Gasteiger partial charge in [-0.3, -0.25) is 9.59 Å². The van der Waals surface area contributed by atoms with Crippen molar-refractivity contribution in [3.63, 3.8) is 0 Å². The minimum atomic E-state index is -0.269. The van der Waals surface area contributed by atoms with Gasteiger partial charge in [-0.15, -0.1) is 0 Å². The van der Waals surface area contributed by atoms with E-state index >= 15 is 0 Å². The molecule has 4 amide bonds. The van der Waals surface area contributed by atoms with Crippen molar-refractivity contribution >= 4 is 18.3 Å². The van der Waals surface area contributed by atoms with Crippen LogP contribution in [0.4, 0.5) is 4.79 Å². The molecule has 0 aromatic heterocycles. The van der Waals surface area contributed by atoms with E-state index in [4.69, 9.17) is 0 Å². The first-order valence-electron chi connectivity index (χ1n) is 6.55. The highest BCUT2D eigenvalue weighted by Gasteiger charge is 2.31. The maximum Gasteiger partial charge on any atom is 0.315 e. The van der Waals surface area contributed by atoms with Gasteiger partial charge in [0.25, 0.3) is 0 Å². The lowest BCUT2D eigenvalue weighted by molar-refractivity contribution is -0.129. The van der Waals surface area contributed by atoms with Crippen molar-refractivity contribution in [1.29, 1.82) is 0 Å². The van der Waals surface area contributed by atoms with E-state index in [1.807, 2.05) is 13.8 Å². The van der Waals surface area contributed by atoms with Crippen LogP contribution in [0.25, 0.3) is 0 Å². The van der Waals surface area contributed by atoms with Gasteiger partial charge in [-0.2, -0.15) is 0 Å². The average molecular weight is 270 g/mol. The van der Waals surface area contributed by atoms with Crippen LogP contribution in [0.1, 0.15) is 26.7 Å². The Morgan fingerprint density at radius 3 is 2.79 bits per heavy atom. The lowest BCUT2D eigenvalue weighted by Crippen LogP contribution is -2.44. The normalized spacial score (nSPS) is 18.6. The van der Waals surface area contributed by atoms with Crippen LogP contribution in [-0.4, -0.2) is 55.0 Å². The molecule has 0 bridgehead atoms. The third kappa shape index (κ3) is 5.15. The fourth-order valence-corrected chi connectivity index (χ4v) is 2.02. The van der Waals surface area contributed by atoms with E-state index in [0.717, 1.165) is 0 Å². The van der Waals surface area contributed by atoms with Crippen LogP contribution in [0.5, 0.6) is 0 Å². The Morgan fingerprint density at radius 2 is 2.21 bits per heavy atom. The second kappa shape index (κ2) is 7.60. The first kappa shape index (κ1) is 15.3. The Hall–Kier alpha value is -1.79. The molecule has 0 radical (unpaired) electrons. The Labute approximate surface area is 113 Å². The molecule has 1 unspecified atom stereocenters. The number of carbonyl (C=O) groups is 3.